The minimum atomic E-state index is 0.395. The van der Waals surface area contributed by atoms with Gasteiger partial charge >= 0.3 is 0 Å². The van der Waals surface area contributed by atoms with E-state index in [1.54, 1.807) is 0 Å². The topological polar surface area (TPSA) is 0 Å². The second-order valence-corrected chi connectivity index (χ2v) is 4.38. The summed E-state index contributed by atoms with van der Waals surface area (Å²) in [7, 11) is 0. The molecule has 0 fully saturated rings. The van der Waals surface area contributed by atoms with Crippen molar-refractivity contribution in [3.63, 3.8) is 0 Å². The van der Waals surface area contributed by atoms with Gasteiger partial charge in [0.2, 0.25) is 0 Å². The molecule has 0 nitrogen and oxygen atoms in total. The van der Waals surface area contributed by atoms with E-state index < -0.39 is 0 Å². The first-order chi connectivity index (χ1) is 5.02. The first-order valence-electron chi connectivity index (χ1n) is 4.27. The van der Waals surface area contributed by atoms with Gasteiger partial charge < -0.3 is 0 Å². The monoisotopic (exact) mass is 149 g/mol. The zero-order valence-electron chi connectivity index (χ0n) is 7.94. The third-order valence-corrected chi connectivity index (χ3v) is 2.58. The molecule has 0 heteroatoms. The zero-order valence-corrected chi connectivity index (χ0v) is 7.94. The molecular formula is C11H17. The maximum atomic E-state index is 3.21. The van der Waals surface area contributed by atoms with Crippen molar-refractivity contribution in [2.24, 2.45) is 11.3 Å². The number of allylic oxidation sites excluding steroid dienone is 4. The predicted molar refractivity (Wildman–Crippen MR) is 49.1 cm³/mol. The van der Waals surface area contributed by atoms with Crippen LogP contribution in [-0.4, -0.2) is 0 Å². The Morgan fingerprint density at radius 2 is 2.09 bits per heavy atom. The molecule has 0 saturated carbocycles. The average Bonchev–Trinajstić information content (AvgIpc) is 2.34. The van der Waals surface area contributed by atoms with Gasteiger partial charge in [-0.25, -0.2) is 0 Å². The van der Waals surface area contributed by atoms with Crippen molar-refractivity contribution in [3.05, 3.63) is 23.8 Å². The lowest BCUT2D eigenvalue weighted by molar-refractivity contribution is 0.298. The number of hydrogen-bond donors (Lipinski definition) is 0. The molecule has 1 rings (SSSR count). The van der Waals surface area contributed by atoms with Gasteiger partial charge in [-0.1, -0.05) is 45.4 Å². The standard InChI is InChI=1S/C11H17/c1-9(11(2,3)4)10-7-5-6-8-10/h5,7,9H,8H2,1-4H3. The highest BCUT2D eigenvalue weighted by molar-refractivity contribution is 5.22. The van der Waals surface area contributed by atoms with Crippen molar-refractivity contribution < 1.29 is 0 Å². The van der Waals surface area contributed by atoms with E-state index in [0.29, 0.717) is 11.3 Å². The Hall–Kier alpha value is -0.520. The summed E-state index contributed by atoms with van der Waals surface area (Å²) in [5.41, 5.74) is 1.92. The van der Waals surface area contributed by atoms with Gasteiger partial charge in [0.25, 0.3) is 0 Å². The third-order valence-electron chi connectivity index (χ3n) is 2.58. The largest absolute Gasteiger partial charge is 0.0625 e. The Kier molecular flexibility index (Phi) is 2.22. The van der Waals surface area contributed by atoms with Gasteiger partial charge in [-0.3, -0.25) is 0 Å². The lowest BCUT2D eigenvalue weighted by atomic mass is 9.77. The van der Waals surface area contributed by atoms with E-state index in [4.69, 9.17) is 0 Å². The van der Waals surface area contributed by atoms with E-state index in [1.165, 1.54) is 5.57 Å². The van der Waals surface area contributed by atoms with E-state index in [0.717, 1.165) is 6.42 Å². The molecule has 0 spiro atoms. The first kappa shape index (κ1) is 8.58. The van der Waals surface area contributed by atoms with Gasteiger partial charge in [-0.15, -0.1) is 0 Å². The molecule has 1 unspecified atom stereocenters. The number of hydrogen-bond acceptors (Lipinski definition) is 0. The molecule has 0 amide bonds. The average molecular weight is 149 g/mol. The lowest BCUT2D eigenvalue weighted by Gasteiger charge is -2.28. The maximum absolute atomic E-state index is 3.21. The number of rotatable bonds is 1. The molecule has 0 N–H and O–H groups in total. The normalized spacial score (nSPS) is 20.2. The van der Waals surface area contributed by atoms with Crippen LogP contribution >= 0.6 is 0 Å². The van der Waals surface area contributed by atoms with E-state index in [1.807, 2.05) is 6.08 Å². The van der Waals surface area contributed by atoms with Crippen molar-refractivity contribution in [3.8, 4) is 0 Å². The second kappa shape index (κ2) is 2.84. The van der Waals surface area contributed by atoms with E-state index >= 15 is 0 Å². The molecular weight excluding hydrogens is 132 g/mol. The quantitative estimate of drug-likeness (QED) is 0.536. The van der Waals surface area contributed by atoms with Crippen LogP contribution in [0.1, 0.15) is 34.1 Å². The molecule has 0 aromatic rings. The maximum Gasteiger partial charge on any atom is -0.00583 e. The molecule has 0 aliphatic heterocycles. The van der Waals surface area contributed by atoms with Crippen LogP contribution in [0.2, 0.25) is 0 Å². The predicted octanol–water partition coefficient (Wildman–Crippen LogP) is 3.36. The van der Waals surface area contributed by atoms with Crippen molar-refractivity contribution in [1.82, 2.24) is 0 Å². The molecule has 1 aliphatic carbocycles. The molecule has 61 valence electrons. The third kappa shape index (κ3) is 1.95. The Balaban J connectivity index is 2.62. The fourth-order valence-electron chi connectivity index (χ4n) is 1.26. The summed E-state index contributed by atoms with van der Waals surface area (Å²) in [6.45, 7) is 9.16. The smallest absolute Gasteiger partial charge is 0.00583 e. The summed E-state index contributed by atoms with van der Waals surface area (Å²) in [5.74, 6) is 0.675. The fourth-order valence-corrected chi connectivity index (χ4v) is 1.26. The first-order valence-corrected chi connectivity index (χ1v) is 4.27. The van der Waals surface area contributed by atoms with Crippen LogP contribution in [0.3, 0.4) is 0 Å². The molecule has 0 aromatic carbocycles. The van der Waals surface area contributed by atoms with E-state index in [2.05, 4.69) is 39.8 Å². The van der Waals surface area contributed by atoms with Gasteiger partial charge in [-0.2, -0.15) is 0 Å². The second-order valence-electron chi connectivity index (χ2n) is 4.38. The Morgan fingerprint density at radius 1 is 1.45 bits per heavy atom. The van der Waals surface area contributed by atoms with Gasteiger partial charge in [-0.05, 0) is 23.8 Å². The molecule has 0 saturated heterocycles. The lowest BCUT2D eigenvalue weighted by Crippen LogP contribution is -2.18. The summed E-state index contributed by atoms with van der Waals surface area (Å²) in [6, 6.07) is 0. The van der Waals surface area contributed by atoms with E-state index in [-0.39, 0.29) is 0 Å². The summed E-state index contributed by atoms with van der Waals surface area (Å²) >= 11 is 0. The summed E-state index contributed by atoms with van der Waals surface area (Å²) < 4.78 is 0. The van der Waals surface area contributed by atoms with Crippen LogP contribution in [0.4, 0.5) is 0 Å². The van der Waals surface area contributed by atoms with Crippen LogP contribution in [0.5, 0.6) is 0 Å². The van der Waals surface area contributed by atoms with Crippen LogP contribution in [0.15, 0.2) is 17.7 Å². The zero-order chi connectivity index (χ0) is 8.48. The van der Waals surface area contributed by atoms with Crippen LogP contribution in [0, 0.1) is 17.4 Å². The minimum absolute atomic E-state index is 0.395. The van der Waals surface area contributed by atoms with Crippen LogP contribution in [-0.2, 0) is 0 Å². The van der Waals surface area contributed by atoms with Gasteiger partial charge in [0.05, 0.1) is 0 Å². The van der Waals surface area contributed by atoms with Gasteiger partial charge in [0, 0.05) is 0 Å². The molecule has 1 radical (unpaired) electrons. The molecule has 0 aromatic heterocycles. The highest BCUT2D eigenvalue weighted by atomic mass is 14.3. The van der Waals surface area contributed by atoms with Crippen LogP contribution in [0.25, 0.3) is 0 Å². The van der Waals surface area contributed by atoms with Gasteiger partial charge in [0.1, 0.15) is 0 Å². The van der Waals surface area contributed by atoms with Crippen molar-refractivity contribution in [2.75, 3.05) is 0 Å². The molecule has 0 bridgehead atoms. The Labute approximate surface area is 70.0 Å². The van der Waals surface area contributed by atoms with E-state index in [9.17, 15) is 0 Å². The summed E-state index contributed by atoms with van der Waals surface area (Å²) in [6.07, 6.45) is 8.49. The summed E-state index contributed by atoms with van der Waals surface area (Å²) in [4.78, 5) is 0. The van der Waals surface area contributed by atoms with Crippen molar-refractivity contribution in [2.45, 2.75) is 34.1 Å². The molecule has 1 atom stereocenters. The molecule has 1 aliphatic rings. The highest BCUT2D eigenvalue weighted by Crippen LogP contribution is 2.34. The SMILES string of the molecule is CC(C1=CC=[C]C1)C(C)(C)C. The minimum Gasteiger partial charge on any atom is -0.0625 e. The Bertz CT molecular complexity index is 189. The molecule has 0 heterocycles. The van der Waals surface area contributed by atoms with Crippen molar-refractivity contribution in [1.29, 1.82) is 0 Å². The molecule has 11 heavy (non-hydrogen) atoms. The van der Waals surface area contributed by atoms with Gasteiger partial charge in [0.15, 0.2) is 0 Å². The van der Waals surface area contributed by atoms with Crippen LogP contribution < -0.4 is 0 Å². The highest BCUT2D eigenvalue weighted by Gasteiger charge is 2.23. The Morgan fingerprint density at radius 3 is 2.45 bits per heavy atom. The fraction of sp³-hybridized carbons (Fsp3) is 0.636. The summed E-state index contributed by atoms with van der Waals surface area (Å²) in [5, 5.41) is 0. The van der Waals surface area contributed by atoms with Crippen molar-refractivity contribution >= 4 is 0 Å².